The van der Waals surface area contributed by atoms with Crippen molar-refractivity contribution in [1.29, 1.82) is 0 Å². The van der Waals surface area contributed by atoms with Gasteiger partial charge < -0.3 is 20.4 Å². The SMILES string of the molecule is O=S(=O)(O)c1cc(Cl)cc(N=Nc2c(S(=O)(=O)O)cc3cc(S(=O)(=O)O)c(N=Nc4c(S(=O)(=O)O)cc5cccc(S(=O)(=O)O)c5c4O)c(O)c3c2O)c1O. The monoisotopic (exact) mass is 884 g/mol. The lowest BCUT2D eigenvalue weighted by Crippen LogP contribution is -2.02. The number of azo groups is 2. The Kier molecular flexibility index (Phi) is 10.1. The van der Waals surface area contributed by atoms with Gasteiger partial charge in [-0.3, -0.25) is 22.8 Å². The van der Waals surface area contributed by atoms with Crippen molar-refractivity contribution in [2.45, 2.75) is 24.5 Å². The van der Waals surface area contributed by atoms with Crippen molar-refractivity contribution in [2.75, 3.05) is 0 Å². The summed E-state index contributed by atoms with van der Waals surface area (Å²) >= 11 is 5.79. The molecule has 292 valence electrons. The van der Waals surface area contributed by atoms with E-state index in [-0.39, 0.29) is 0 Å². The second-order valence-electron chi connectivity index (χ2n) is 10.7. The second kappa shape index (κ2) is 13.6. The predicted molar refractivity (Wildman–Crippen MR) is 183 cm³/mol. The number of phenolic OH excluding ortho intramolecular Hbond substituents is 4. The molecule has 0 heterocycles. The first-order valence-corrected chi connectivity index (χ1v) is 21.2. The number of aromatic hydroxyl groups is 4. The van der Waals surface area contributed by atoms with Crippen LogP contribution in [0.4, 0.5) is 22.7 Å². The van der Waals surface area contributed by atoms with Gasteiger partial charge in [-0.05, 0) is 47.2 Å². The molecule has 55 heavy (non-hydrogen) atoms. The minimum Gasteiger partial charge on any atom is -0.505 e. The van der Waals surface area contributed by atoms with E-state index in [1.54, 1.807) is 0 Å². The second-order valence-corrected chi connectivity index (χ2v) is 18.1. The molecular formula is C26H17ClN4O19S5. The molecule has 0 aliphatic heterocycles. The van der Waals surface area contributed by atoms with Gasteiger partial charge in [0.05, 0.1) is 5.39 Å². The number of nitrogens with zero attached hydrogens (tertiary/aromatic N) is 4. The molecule has 0 saturated heterocycles. The van der Waals surface area contributed by atoms with Gasteiger partial charge in [0.2, 0.25) is 0 Å². The zero-order chi connectivity index (χ0) is 41.4. The zero-order valence-electron chi connectivity index (χ0n) is 25.9. The average molecular weight is 885 g/mol. The van der Waals surface area contributed by atoms with Crippen molar-refractivity contribution in [3.63, 3.8) is 0 Å². The molecule has 0 radical (unpaired) electrons. The number of fused-ring (bicyclic) bond motifs is 2. The van der Waals surface area contributed by atoms with E-state index in [1.807, 2.05) is 0 Å². The first-order chi connectivity index (χ1) is 25.0. The zero-order valence-corrected chi connectivity index (χ0v) is 30.8. The van der Waals surface area contributed by atoms with Crippen LogP contribution >= 0.6 is 11.6 Å². The quantitative estimate of drug-likeness (QED) is 0.0724. The Morgan fingerprint density at radius 1 is 0.418 bits per heavy atom. The van der Waals surface area contributed by atoms with Crippen molar-refractivity contribution in [3.8, 4) is 23.0 Å². The van der Waals surface area contributed by atoms with E-state index in [1.165, 1.54) is 0 Å². The first-order valence-electron chi connectivity index (χ1n) is 13.6. The Labute approximate surface area is 311 Å². The highest BCUT2D eigenvalue weighted by atomic mass is 35.5. The fourth-order valence-electron chi connectivity index (χ4n) is 4.96. The molecule has 5 aromatic carbocycles. The van der Waals surface area contributed by atoms with E-state index >= 15 is 0 Å². The van der Waals surface area contributed by atoms with Crippen LogP contribution in [0.2, 0.25) is 5.02 Å². The summed E-state index contributed by atoms with van der Waals surface area (Å²) in [6.45, 7) is 0. The summed E-state index contributed by atoms with van der Waals surface area (Å²) in [4.78, 5) is -6.42. The summed E-state index contributed by atoms with van der Waals surface area (Å²) in [5.74, 6) is -5.79. The van der Waals surface area contributed by atoms with Gasteiger partial charge in [0.25, 0.3) is 50.6 Å². The lowest BCUT2D eigenvalue weighted by atomic mass is 10.1. The largest absolute Gasteiger partial charge is 0.505 e. The van der Waals surface area contributed by atoms with Gasteiger partial charge in [-0.2, -0.15) is 42.1 Å². The molecule has 0 aliphatic rings. The lowest BCUT2D eigenvalue weighted by Gasteiger charge is -2.14. The molecule has 0 atom stereocenters. The van der Waals surface area contributed by atoms with Crippen molar-refractivity contribution < 1.29 is 85.3 Å². The van der Waals surface area contributed by atoms with E-state index in [0.717, 1.165) is 24.3 Å². The highest BCUT2D eigenvalue weighted by Crippen LogP contribution is 2.51. The number of hydrogen-bond donors (Lipinski definition) is 9. The molecule has 5 aromatic rings. The standard InChI is InChI=1S/C26H17ClN4O19S5/c27-11-7-12(23(32)17(8-11)55(48,49)50)28-29-21-15(53(42,43)44)5-10-6-16(54(45,46)47)22(26(35)19(10)25(21)34)31-30-20-14(52(39,40)41)4-9-2-1-3-13(51(36,37)38)18(9)24(20)33/h1-8,32-35H,(H,36,37,38)(H,39,40,41)(H,42,43,44)(H,45,46,47)(H,48,49,50). The lowest BCUT2D eigenvalue weighted by molar-refractivity contribution is 0.443. The molecule has 0 aliphatic carbocycles. The van der Waals surface area contributed by atoms with Gasteiger partial charge in [-0.25, -0.2) is 0 Å². The van der Waals surface area contributed by atoms with Gasteiger partial charge in [0.15, 0.2) is 23.0 Å². The summed E-state index contributed by atoms with van der Waals surface area (Å²) in [6.07, 6.45) is 0. The molecule has 9 N–H and O–H groups in total. The third-order valence-corrected chi connectivity index (χ3v) is 11.8. The summed E-state index contributed by atoms with van der Waals surface area (Å²) in [6, 6.07) is 5.35. The van der Waals surface area contributed by atoms with Crippen molar-refractivity contribution in [3.05, 3.63) is 53.6 Å². The molecule has 23 nitrogen and oxygen atoms in total. The molecule has 0 saturated carbocycles. The maximum Gasteiger partial charge on any atom is 0.298 e. The summed E-state index contributed by atoms with van der Waals surface area (Å²) < 4.78 is 170. The number of phenols is 4. The van der Waals surface area contributed by atoms with Gasteiger partial charge in [-0.1, -0.05) is 23.7 Å². The Morgan fingerprint density at radius 2 is 0.800 bits per heavy atom. The van der Waals surface area contributed by atoms with E-state index in [4.69, 9.17) is 11.6 Å². The van der Waals surface area contributed by atoms with Crippen LogP contribution in [0.3, 0.4) is 0 Å². The molecule has 0 spiro atoms. The average Bonchev–Trinajstić information content (AvgIpc) is 3.02. The minimum absolute atomic E-state index is 0.329. The predicted octanol–water partition coefficient (Wildman–Crippen LogP) is 4.53. The summed E-state index contributed by atoms with van der Waals surface area (Å²) in [5.41, 5.74) is -5.00. The Hall–Kier alpha value is -5.14. The van der Waals surface area contributed by atoms with Crippen molar-refractivity contribution in [1.82, 2.24) is 0 Å². The molecule has 0 unspecified atom stereocenters. The molecule has 0 amide bonds. The maximum atomic E-state index is 12.4. The van der Waals surface area contributed by atoms with Crippen LogP contribution in [-0.4, -0.2) is 85.3 Å². The van der Waals surface area contributed by atoms with Gasteiger partial charge in [-0.15, -0.1) is 20.5 Å². The third-order valence-electron chi connectivity index (χ3n) is 7.21. The van der Waals surface area contributed by atoms with E-state index in [9.17, 15) is 85.3 Å². The maximum absolute atomic E-state index is 12.4. The topological polar surface area (TPSA) is 402 Å². The van der Waals surface area contributed by atoms with Gasteiger partial charge >= 0.3 is 0 Å². The highest BCUT2D eigenvalue weighted by Gasteiger charge is 2.31. The van der Waals surface area contributed by atoms with Crippen LogP contribution in [0.15, 0.2) is 93.5 Å². The normalized spacial score (nSPS) is 13.4. The Bertz CT molecular complexity index is 3170. The van der Waals surface area contributed by atoms with Crippen LogP contribution in [0, 0.1) is 0 Å². The van der Waals surface area contributed by atoms with Crippen LogP contribution in [0.1, 0.15) is 0 Å². The smallest absolute Gasteiger partial charge is 0.298 e. The van der Waals surface area contributed by atoms with Crippen LogP contribution in [0.5, 0.6) is 23.0 Å². The van der Waals surface area contributed by atoms with Gasteiger partial charge in [0, 0.05) is 10.4 Å². The molecule has 0 aromatic heterocycles. The fourth-order valence-corrected chi connectivity index (χ4v) is 8.56. The third kappa shape index (κ3) is 7.86. The first kappa shape index (κ1) is 41.0. The van der Waals surface area contributed by atoms with E-state index in [0.29, 0.717) is 24.3 Å². The van der Waals surface area contributed by atoms with E-state index in [2.05, 4.69) is 20.5 Å². The number of benzene rings is 5. The fraction of sp³-hybridized carbons (Fsp3) is 0. The molecule has 5 rings (SSSR count). The van der Waals surface area contributed by atoms with Crippen LogP contribution in [0.25, 0.3) is 21.5 Å². The summed E-state index contributed by atoms with van der Waals surface area (Å²) in [7, 11) is -26.9. The summed E-state index contributed by atoms with van der Waals surface area (Å²) in [5, 5.41) is 53.5. The van der Waals surface area contributed by atoms with Crippen LogP contribution in [-0.2, 0) is 50.6 Å². The van der Waals surface area contributed by atoms with Crippen molar-refractivity contribution in [2.24, 2.45) is 20.5 Å². The number of halogens is 1. The Morgan fingerprint density at radius 3 is 1.22 bits per heavy atom. The number of rotatable bonds is 9. The number of hydrogen-bond acceptors (Lipinski definition) is 18. The molecule has 0 bridgehead atoms. The van der Waals surface area contributed by atoms with Gasteiger partial charge in [0.1, 0.15) is 47.2 Å². The minimum atomic E-state index is -5.61. The highest BCUT2D eigenvalue weighted by molar-refractivity contribution is 7.87. The molecule has 29 heteroatoms. The molecule has 0 fully saturated rings. The molecular weight excluding hydrogens is 868 g/mol. The Balaban J connectivity index is 1.87. The van der Waals surface area contributed by atoms with Crippen molar-refractivity contribution >= 4 is 106 Å². The van der Waals surface area contributed by atoms with Crippen LogP contribution < -0.4 is 0 Å². The van der Waals surface area contributed by atoms with E-state index < -0.39 is 147 Å².